The summed E-state index contributed by atoms with van der Waals surface area (Å²) in [4.78, 5) is 27.9. The molecule has 1 fully saturated rings. The number of hydrogen-bond donors (Lipinski definition) is 1. The zero-order valence-electron chi connectivity index (χ0n) is 19.5. The molecule has 3 rings (SSSR count). The van der Waals surface area contributed by atoms with E-state index in [0.29, 0.717) is 5.02 Å². The molecule has 11 heteroatoms. The number of carbonyl (C=O) groups excluding carboxylic acids is 2. The van der Waals surface area contributed by atoms with E-state index in [1.807, 2.05) is 0 Å². The van der Waals surface area contributed by atoms with Gasteiger partial charge in [-0.25, -0.2) is 8.42 Å². The van der Waals surface area contributed by atoms with Crippen molar-refractivity contribution in [3.05, 3.63) is 63.1 Å². The smallest absolute Gasteiger partial charge is 0.244 e. The van der Waals surface area contributed by atoms with E-state index in [4.69, 9.17) is 34.8 Å². The lowest BCUT2D eigenvalue weighted by Crippen LogP contribution is -2.52. The number of halogens is 3. The van der Waals surface area contributed by atoms with Crippen molar-refractivity contribution in [3.63, 3.8) is 0 Å². The van der Waals surface area contributed by atoms with Gasteiger partial charge in [0, 0.05) is 17.6 Å². The van der Waals surface area contributed by atoms with E-state index in [1.165, 1.54) is 23.1 Å². The van der Waals surface area contributed by atoms with Crippen molar-refractivity contribution in [1.29, 1.82) is 0 Å². The van der Waals surface area contributed by atoms with Crippen molar-refractivity contribution in [3.8, 4) is 0 Å². The van der Waals surface area contributed by atoms with Gasteiger partial charge < -0.3 is 10.2 Å². The first-order valence-electron chi connectivity index (χ1n) is 11.2. The molecule has 2 aromatic carbocycles. The van der Waals surface area contributed by atoms with Crippen LogP contribution in [0, 0.1) is 0 Å². The average molecular weight is 561 g/mol. The third-order valence-corrected chi connectivity index (χ3v) is 8.14. The van der Waals surface area contributed by atoms with E-state index in [-0.39, 0.29) is 34.2 Å². The Morgan fingerprint density at radius 3 is 2.23 bits per heavy atom. The molecule has 0 spiro atoms. The highest BCUT2D eigenvalue weighted by molar-refractivity contribution is 7.92. The van der Waals surface area contributed by atoms with E-state index >= 15 is 0 Å². The molecular weight excluding hydrogens is 533 g/mol. The summed E-state index contributed by atoms with van der Waals surface area (Å²) in [5.74, 6) is -0.815. The van der Waals surface area contributed by atoms with Crippen LogP contribution in [-0.4, -0.2) is 50.0 Å². The van der Waals surface area contributed by atoms with Gasteiger partial charge in [0.1, 0.15) is 12.6 Å². The summed E-state index contributed by atoms with van der Waals surface area (Å²) in [5, 5.41) is 3.98. The summed E-state index contributed by atoms with van der Waals surface area (Å²) in [6.45, 7) is 1.24. The average Bonchev–Trinajstić information content (AvgIpc) is 3.30. The van der Waals surface area contributed by atoms with Gasteiger partial charge in [0.25, 0.3) is 0 Å². The first-order valence-corrected chi connectivity index (χ1v) is 14.2. The predicted molar refractivity (Wildman–Crippen MR) is 141 cm³/mol. The van der Waals surface area contributed by atoms with Gasteiger partial charge in [-0.2, -0.15) is 0 Å². The molecule has 2 aromatic rings. The zero-order chi connectivity index (χ0) is 25.8. The molecule has 1 saturated carbocycles. The zero-order valence-corrected chi connectivity index (χ0v) is 22.6. The third-order valence-electron chi connectivity index (χ3n) is 6.01. The molecule has 0 saturated heterocycles. The van der Waals surface area contributed by atoms with Crippen LogP contribution in [0.3, 0.4) is 0 Å². The van der Waals surface area contributed by atoms with Crippen LogP contribution in [0.5, 0.6) is 0 Å². The van der Waals surface area contributed by atoms with Gasteiger partial charge in [-0.05, 0) is 55.7 Å². The largest absolute Gasteiger partial charge is 0.352 e. The quantitative estimate of drug-likeness (QED) is 0.473. The van der Waals surface area contributed by atoms with Crippen LogP contribution in [0.2, 0.25) is 15.1 Å². The van der Waals surface area contributed by atoms with E-state index in [0.717, 1.165) is 41.8 Å². The van der Waals surface area contributed by atoms with E-state index < -0.39 is 28.5 Å². The lowest BCUT2D eigenvalue weighted by atomic mass is 10.1. The van der Waals surface area contributed by atoms with Crippen LogP contribution in [0.25, 0.3) is 0 Å². The van der Waals surface area contributed by atoms with Crippen molar-refractivity contribution in [2.75, 3.05) is 17.1 Å². The summed E-state index contributed by atoms with van der Waals surface area (Å²) < 4.78 is 26.2. The molecule has 0 unspecified atom stereocenters. The van der Waals surface area contributed by atoms with Gasteiger partial charge in [0.2, 0.25) is 21.8 Å². The minimum absolute atomic E-state index is 0.0844. The van der Waals surface area contributed by atoms with Crippen LogP contribution in [0.1, 0.15) is 38.2 Å². The number of nitrogens with one attached hydrogen (secondary N) is 1. The van der Waals surface area contributed by atoms with Crippen LogP contribution in [0.4, 0.5) is 5.69 Å². The number of sulfonamides is 1. The fraction of sp³-hybridized carbons (Fsp3) is 0.417. The van der Waals surface area contributed by atoms with Crippen LogP contribution in [0.15, 0.2) is 42.5 Å². The minimum atomic E-state index is -3.85. The molecule has 1 atom stereocenters. The summed E-state index contributed by atoms with van der Waals surface area (Å²) >= 11 is 18.1. The molecule has 0 bridgehead atoms. The number of anilines is 1. The van der Waals surface area contributed by atoms with Gasteiger partial charge in [0.05, 0.1) is 22.0 Å². The summed E-state index contributed by atoms with van der Waals surface area (Å²) in [7, 11) is -3.85. The number of rotatable bonds is 9. The Balaban J connectivity index is 1.88. The van der Waals surface area contributed by atoms with Gasteiger partial charge in [0.15, 0.2) is 0 Å². The lowest BCUT2D eigenvalue weighted by Gasteiger charge is -2.32. The van der Waals surface area contributed by atoms with E-state index in [2.05, 4.69) is 5.32 Å². The van der Waals surface area contributed by atoms with Crippen molar-refractivity contribution in [2.45, 2.75) is 51.2 Å². The molecule has 0 aliphatic heterocycles. The van der Waals surface area contributed by atoms with Crippen LogP contribution >= 0.6 is 34.8 Å². The Morgan fingerprint density at radius 1 is 1.03 bits per heavy atom. The van der Waals surface area contributed by atoms with E-state index in [1.54, 1.807) is 31.2 Å². The highest BCUT2D eigenvalue weighted by Gasteiger charge is 2.31. The van der Waals surface area contributed by atoms with Crippen LogP contribution in [-0.2, 0) is 26.2 Å². The minimum Gasteiger partial charge on any atom is -0.352 e. The molecule has 2 amide bonds. The maximum Gasteiger partial charge on any atom is 0.244 e. The Hall–Kier alpha value is -2.00. The monoisotopic (exact) mass is 559 g/mol. The molecule has 1 aliphatic carbocycles. The molecule has 0 aromatic heterocycles. The topological polar surface area (TPSA) is 86.8 Å². The number of carbonyl (C=O) groups is 2. The second-order valence-electron chi connectivity index (χ2n) is 8.68. The first kappa shape index (κ1) is 27.6. The third kappa shape index (κ3) is 7.49. The summed E-state index contributed by atoms with van der Waals surface area (Å²) in [6.07, 6.45) is 4.92. The molecule has 7 nitrogen and oxygen atoms in total. The molecule has 1 N–H and O–H groups in total. The number of hydrogen-bond acceptors (Lipinski definition) is 4. The second-order valence-corrected chi connectivity index (χ2v) is 11.8. The van der Waals surface area contributed by atoms with Gasteiger partial charge in [-0.15, -0.1) is 0 Å². The van der Waals surface area contributed by atoms with Gasteiger partial charge in [-0.3, -0.25) is 13.9 Å². The number of benzene rings is 2. The SMILES string of the molecule is C[C@@H](C(=O)NC1CCCC1)N(Cc1ccc(Cl)cc1)C(=O)CN(c1ccc(Cl)c(Cl)c1)S(C)(=O)=O. The van der Waals surface area contributed by atoms with Crippen LogP contribution < -0.4 is 9.62 Å². The van der Waals surface area contributed by atoms with Crippen molar-refractivity contribution in [1.82, 2.24) is 10.2 Å². The summed E-state index contributed by atoms with van der Waals surface area (Å²) in [5.41, 5.74) is 0.952. The maximum absolute atomic E-state index is 13.5. The molecule has 35 heavy (non-hydrogen) atoms. The van der Waals surface area contributed by atoms with Crippen molar-refractivity contribution in [2.24, 2.45) is 0 Å². The fourth-order valence-electron chi connectivity index (χ4n) is 4.01. The fourth-order valence-corrected chi connectivity index (χ4v) is 5.27. The highest BCUT2D eigenvalue weighted by Crippen LogP contribution is 2.28. The predicted octanol–water partition coefficient (Wildman–Crippen LogP) is 4.89. The molecular formula is C24H28Cl3N3O4S. The Morgan fingerprint density at radius 2 is 1.66 bits per heavy atom. The second kappa shape index (κ2) is 11.8. The van der Waals surface area contributed by atoms with Gasteiger partial charge in [-0.1, -0.05) is 59.8 Å². The highest BCUT2D eigenvalue weighted by atomic mass is 35.5. The Labute approximate surface area is 221 Å². The Bertz CT molecular complexity index is 1170. The first-order chi connectivity index (χ1) is 16.5. The molecule has 0 heterocycles. The van der Waals surface area contributed by atoms with Crippen molar-refractivity contribution < 1.29 is 18.0 Å². The standard InChI is InChI=1S/C24H28Cl3N3O4S/c1-16(24(32)28-19-5-3-4-6-19)29(14-17-7-9-18(25)10-8-17)23(31)15-30(35(2,33)34)20-11-12-21(26)22(27)13-20/h7-13,16,19H,3-6,14-15H2,1-2H3,(H,28,32)/t16-/m0/s1. The maximum atomic E-state index is 13.5. The summed E-state index contributed by atoms with van der Waals surface area (Å²) in [6, 6.07) is 10.5. The normalized spacial score (nSPS) is 15.0. The van der Waals surface area contributed by atoms with Gasteiger partial charge >= 0.3 is 0 Å². The Kier molecular flexibility index (Phi) is 9.32. The molecule has 190 valence electrons. The molecule has 0 radical (unpaired) electrons. The molecule has 1 aliphatic rings. The van der Waals surface area contributed by atoms with E-state index in [9.17, 15) is 18.0 Å². The lowest BCUT2D eigenvalue weighted by molar-refractivity contribution is -0.139. The van der Waals surface area contributed by atoms with Crippen molar-refractivity contribution >= 4 is 62.3 Å². The number of nitrogens with zero attached hydrogens (tertiary/aromatic N) is 2. The number of amides is 2.